The van der Waals surface area contributed by atoms with Crippen molar-refractivity contribution >= 4 is 12.6 Å². The molecule has 0 aromatic heterocycles. The maximum atomic E-state index is 4.42. The predicted octanol–water partition coefficient (Wildman–Crippen LogP) is 3.06. The molecule has 1 saturated heterocycles. The van der Waals surface area contributed by atoms with Crippen LogP contribution in [0.3, 0.4) is 0 Å². The maximum absolute atomic E-state index is 4.42. The van der Waals surface area contributed by atoms with Crippen LogP contribution in [0.2, 0.25) is 0 Å². The molecule has 3 unspecified atom stereocenters. The fourth-order valence-electron chi connectivity index (χ4n) is 2.37. The summed E-state index contributed by atoms with van der Waals surface area (Å²) in [5, 5.41) is 0. The van der Waals surface area contributed by atoms with Crippen LogP contribution < -0.4 is 0 Å². The zero-order valence-electron chi connectivity index (χ0n) is 9.87. The van der Waals surface area contributed by atoms with Crippen LogP contribution in [-0.2, 0) is 0 Å². The number of thiol groups is 1. The highest BCUT2D eigenvalue weighted by Crippen LogP contribution is 2.23. The normalized spacial score (nSPS) is 31.7. The Kier molecular flexibility index (Phi) is 5.32. The van der Waals surface area contributed by atoms with Crippen molar-refractivity contribution in [2.45, 2.75) is 46.1 Å². The van der Waals surface area contributed by atoms with Crippen molar-refractivity contribution in [1.29, 1.82) is 0 Å². The van der Waals surface area contributed by atoms with E-state index in [2.05, 4.69) is 38.3 Å². The molecule has 1 nitrogen and oxygen atoms in total. The lowest BCUT2D eigenvalue weighted by atomic mass is 9.92. The van der Waals surface area contributed by atoms with Gasteiger partial charge in [-0.25, -0.2) is 0 Å². The van der Waals surface area contributed by atoms with E-state index in [1.807, 2.05) is 0 Å². The maximum Gasteiger partial charge on any atom is 0.00695 e. The molecule has 1 rings (SSSR count). The molecule has 1 fully saturated rings. The van der Waals surface area contributed by atoms with E-state index in [1.165, 1.54) is 32.4 Å². The van der Waals surface area contributed by atoms with Crippen molar-refractivity contribution in [1.82, 2.24) is 4.90 Å². The van der Waals surface area contributed by atoms with Gasteiger partial charge < -0.3 is 4.90 Å². The highest BCUT2D eigenvalue weighted by molar-refractivity contribution is 7.80. The lowest BCUT2D eigenvalue weighted by molar-refractivity contribution is 0.113. The molecular weight excluding hydrogens is 190 g/mol. The van der Waals surface area contributed by atoms with E-state index in [4.69, 9.17) is 0 Å². The zero-order chi connectivity index (χ0) is 10.6. The quantitative estimate of drug-likeness (QED) is 0.705. The van der Waals surface area contributed by atoms with Gasteiger partial charge in [-0.05, 0) is 43.9 Å². The fraction of sp³-hybridized carbons (Fsp3) is 1.00. The Bertz CT molecular complexity index is 156. The number of nitrogens with zero attached hydrogens (tertiary/aromatic N) is 1. The van der Waals surface area contributed by atoms with Gasteiger partial charge in [0.15, 0.2) is 0 Å². The topological polar surface area (TPSA) is 3.24 Å². The van der Waals surface area contributed by atoms with Gasteiger partial charge in [0.25, 0.3) is 0 Å². The average molecular weight is 215 g/mol. The van der Waals surface area contributed by atoms with Crippen molar-refractivity contribution in [2.75, 3.05) is 18.8 Å². The van der Waals surface area contributed by atoms with Crippen LogP contribution in [0.1, 0.15) is 40.0 Å². The summed E-state index contributed by atoms with van der Waals surface area (Å²) in [6.45, 7) is 9.59. The Morgan fingerprint density at radius 3 is 2.64 bits per heavy atom. The van der Waals surface area contributed by atoms with Gasteiger partial charge in [-0.3, -0.25) is 0 Å². The van der Waals surface area contributed by atoms with E-state index in [0.717, 1.165) is 23.6 Å². The lowest BCUT2D eigenvalue weighted by Crippen LogP contribution is -2.43. The molecule has 0 spiro atoms. The Labute approximate surface area is 94.7 Å². The molecule has 0 aromatic rings. The molecule has 3 atom stereocenters. The second-order valence-corrected chi connectivity index (χ2v) is 5.30. The van der Waals surface area contributed by atoms with Crippen LogP contribution in [0.15, 0.2) is 0 Å². The molecule has 2 heteroatoms. The van der Waals surface area contributed by atoms with Gasteiger partial charge in [0.2, 0.25) is 0 Å². The molecule has 0 saturated carbocycles. The number of rotatable bonds is 4. The Morgan fingerprint density at radius 1 is 1.43 bits per heavy atom. The zero-order valence-corrected chi connectivity index (χ0v) is 10.8. The first-order valence-corrected chi connectivity index (χ1v) is 6.65. The highest BCUT2D eigenvalue weighted by atomic mass is 32.1. The van der Waals surface area contributed by atoms with E-state index in [1.54, 1.807) is 0 Å². The minimum Gasteiger partial charge on any atom is -0.300 e. The summed E-state index contributed by atoms with van der Waals surface area (Å²) >= 11 is 4.42. The molecule has 1 aliphatic rings. The van der Waals surface area contributed by atoms with Crippen molar-refractivity contribution in [2.24, 2.45) is 11.8 Å². The molecule has 0 radical (unpaired) electrons. The summed E-state index contributed by atoms with van der Waals surface area (Å²) in [5.74, 6) is 2.75. The Hall–Kier alpha value is 0.310. The van der Waals surface area contributed by atoms with E-state index < -0.39 is 0 Å². The number of hydrogen-bond donors (Lipinski definition) is 1. The molecule has 0 bridgehead atoms. The molecule has 0 aliphatic carbocycles. The van der Waals surface area contributed by atoms with Gasteiger partial charge >= 0.3 is 0 Å². The molecule has 84 valence electrons. The van der Waals surface area contributed by atoms with E-state index in [9.17, 15) is 0 Å². The summed E-state index contributed by atoms with van der Waals surface area (Å²) in [6, 6.07) is 0.785. The average Bonchev–Trinajstić information content (AvgIpc) is 2.17. The van der Waals surface area contributed by atoms with Crippen LogP contribution in [0.5, 0.6) is 0 Å². The minimum atomic E-state index is 0.785. The van der Waals surface area contributed by atoms with Crippen molar-refractivity contribution < 1.29 is 0 Å². The largest absolute Gasteiger partial charge is 0.300 e. The predicted molar refractivity (Wildman–Crippen MR) is 67.1 cm³/mol. The molecule has 1 aliphatic heterocycles. The molecular formula is C12H25NS. The van der Waals surface area contributed by atoms with E-state index in [-0.39, 0.29) is 0 Å². The van der Waals surface area contributed by atoms with E-state index in [0.29, 0.717) is 0 Å². The third-order valence-electron chi connectivity index (χ3n) is 3.60. The molecule has 0 N–H and O–H groups in total. The minimum absolute atomic E-state index is 0.785. The number of likely N-dealkylation sites (tertiary alicyclic amines) is 1. The molecule has 1 heterocycles. The second-order valence-electron chi connectivity index (χ2n) is 4.93. The second kappa shape index (κ2) is 6.02. The summed E-state index contributed by atoms with van der Waals surface area (Å²) in [6.07, 6.45) is 4.03. The molecule has 14 heavy (non-hydrogen) atoms. The number of hydrogen-bond acceptors (Lipinski definition) is 2. The van der Waals surface area contributed by atoms with Gasteiger partial charge in [0.05, 0.1) is 0 Å². The van der Waals surface area contributed by atoms with Gasteiger partial charge in [-0.1, -0.05) is 20.3 Å². The van der Waals surface area contributed by atoms with Crippen LogP contribution >= 0.6 is 12.6 Å². The first-order chi connectivity index (χ1) is 6.67. The van der Waals surface area contributed by atoms with Crippen LogP contribution in [0.25, 0.3) is 0 Å². The number of piperidine rings is 1. The Balaban J connectivity index is 2.36. The summed E-state index contributed by atoms with van der Waals surface area (Å²) < 4.78 is 0. The first-order valence-electron chi connectivity index (χ1n) is 6.02. The summed E-state index contributed by atoms with van der Waals surface area (Å²) in [4.78, 5) is 2.66. The smallest absolute Gasteiger partial charge is 0.00695 e. The van der Waals surface area contributed by atoms with Crippen molar-refractivity contribution in [3.8, 4) is 0 Å². The third-order valence-corrected chi connectivity index (χ3v) is 4.12. The van der Waals surface area contributed by atoms with Gasteiger partial charge in [0.1, 0.15) is 0 Å². The SMILES string of the molecule is CCC(CS)CN1CCC(C)CC1C. The van der Waals surface area contributed by atoms with Gasteiger partial charge in [-0.2, -0.15) is 12.6 Å². The fourth-order valence-corrected chi connectivity index (χ4v) is 2.75. The highest BCUT2D eigenvalue weighted by Gasteiger charge is 2.23. The van der Waals surface area contributed by atoms with E-state index >= 15 is 0 Å². The lowest BCUT2D eigenvalue weighted by Gasteiger charge is -2.38. The van der Waals surface area contributed by atoms with Crippen molar-refractivity contribution in [3.63, 3.8) is 0 Å². The van der Waals surface area contributed by atoms with Crippen molar-refractivity contribution in [3.05, 3.63) is 0 Å². The van der Waals surface area contributed by atoms with Crippen LogP contribution in [0.4, 0.5) is 0 Å². The monoisotopic (exact) mass is 215 g/mol. The third kappa shape index (κ3) is 3.47. The molecule has 0 amide bonds. The first kappa shape index (κ1) is 12.4. The summed E-state index contributed by atoms with van der Waals surface area (Å²) in [5.41, 5.74) is 0. The standard InChI is InChI=1S/C12H25NS/c1-4-12(9-14)8-13-6-5-10(2)7-11(13)3/h10-12,14H,4-9H2,1-3H3. The Morgan fingerprint density at radius 2 is 2.14 bits per heavy atom. The molecule has 0 aromatic carbocycles. The summed E-state index contributed by atoms with van der Waals surface area (Å²) in [7, 11) is 0. The van der Waals surface area contributed by atoms with Gasteiger partial charge in [0, 0.05) is 12.6 Å². The van der Waals surface area contributed by atoms with Crippen LogP contribution in [-0.4, -0.2) is 29.8 Å². The van der Waals surface area contributed by atoms with Gasteiger partial charge in [-0.15, -0.1) is 0 Å². The van der Waals surface area contributed by atoms with Crippen LogP contribution in [0, 0.1) is 11.8 Å².